The molecule has 1 aromatic rings. The van der Waals surface area contributed by atoms with Gasteiger partial charge in [-0.05, 0) is 6.07 Å². The molecule has 0 N–H and O–H groups in total. The third kappa shape index (κ3) is 1.88. The van der Waals surface area contributed by atoms with Crippen molar-refractivity contribution in [1.29, 1.82) is 0 Å². The maximum absolute atomic E-state index is 11.5. The maximum atomic E-state index is 11.5. The highest BCUT2D eigenvalue weighted by atomic mass is 16.5. The summed E-state index contributed by atoms with van der Waals surface area (Å²) in [6.45, 7) is 0. The van der Waals surface area contributed by atoms with E-state index >= 15 is 0 Å². The number of ether oxygens (including phenoxy) is 1. The van der Waals surface area contributed by atoms with Gasteiger partial charge in [-0.25, -0.2) is 4.98 Å². The van der Waals surface area contributed by atoms with E-state index in [1.807, 2.05) is 12.2 Å². The first-order valence-corrected chi connectivity index (χ1v) is 4.34. The topological polar surface area (TPSA) is 39.2 Å². The summed E-state index contributed by atoms with van der Waals surface area (Å²) in [5.41, 5.74) is 0. The first-order chi connectivity index (χ1) is 6.86. The minimum absolute atomic E-state index is 0.267. The molecule has 0 radical (unpaired) electrons. The van der Waals surface area contributed by atoms with Gasteiger partial charge in [0.25, 0.3) is 0 Å². The van der Waals surface area contributed by atoms with Crippen LogP contribution in [0.3, 0.4) is 0 Å². The Kier molecular flexibility index (Phi) is 2.40. The lowest BCUT2D eigenvalue weighted by Crippen LogP contribution is -2.16. The van der Waals surface area contributed by atoms with Crippen LogP contribution in [0.1, 0.15) is 0 Å². The number of allylic oxidation sites excluding steroid dienone is 2. The van der Waals surface area contributed by atoms with Crippen molar-refractivity contribution in [3.63, 3.8) is 0 Å². The van der Waals surface area contributed by atoms with E-state index in [2.05, 4.69) is 4.98 Å². The fourth-order valence-corrected chi connectivity index (χ4v) is 1.17. The van der Waals surface area contributed by atoms with Crippen molar-refractivity contribution in [3.05, 3.63) is 48.7 Å². The van der Waals surface area contributed by atoms with Crippen LogP contribution in [0.25, 0.3) is 0 Å². The highest BCUT2D eigenvalue weighted by Gasteiger charge is 2.16. The molecule has 0 amide bonds. The van der Waals surface area contributed by atoms with Crippen LogP contribution in [0.2, 0.25) is 0 Å². The Labute approximate surface area is 81.7 Å². The quantitative estimate of drug-likeness (QED) is 0.662. The van der Waals surface area contributed by atoms with Gasteiger partial charge < -0.3 is 4.74 Å². The number of carbonyl (C=O) groups excluding carboxylic acids is 1. The van der Waals surface area contributed by atoms with Crippen molar-refractivity contribution in [1.82, 2.24) is 4.98 Å². The van der Waals surface area contributed by atoms with Gasteiger partial charge in [-0.1, -0.05) is 30.4 Å². The molecule has 0 aliphatic heterocycles. The monoisotopic (exact) mass is 187 g/mol. The summed E-state index contributed by atoms with van der Waals surface area (Å²) in [6.07, 6.45) is 8.80. The van der Waals surface area contributed by atoms with Gasteiger partial charge in [-0.3, -0.25) is 4.79 Å². The third-order valence-corrected chi connectivity index (χ3v) is 1.86. The smallest absolute Gasteiger partial charge is 0.323 e. The normalized spacial score (nSPS) is 14.6. The molecule has 14 heavy (non-hydrogen) atoms. The molecule has 0 saturated heterocycles. The Hall–Kier alpha value is -1.90. The molecule has 1 aliphatic rings. The zero-order chi connectivity index (χ0) is 9.80. The van der Waals surface area contributed by atoms with Crippen LogP contribution in [0.5, 0.6) is 5.88 Å². The average molecular weight is 187 g/mol. The second kappa shape index (κ2) is 3.87. The van der Waals surface area contributed by atoms with E-state index in [1.165, 1.54) is 0 Å². The minimum atomic E-state index is -0.297. The molecule has 0 spiro atoms. The lowest BCUT2D eigenvalue weighted by molar-refractivity contribution is -0.136. The van der Waals surface area contributed by atoms with Gasteiger partial charge in [0.15, 0.2) is 0 Å². The first kappa shape index (κ1) is 8.69. The molecule has 3 heteroatoms. The number of rotatable bonds is 2. The number of hydrogen-bond donors (Lipinski definition) is 0. The summed E-state index contributed by atoms with van der Waals surface area (Å²) >= 11 is 0. The molecule has 0 aromatic carbocycles. The Bertz CT molecular complexity index is 370. The van der Waals surface area contributed by atoms with Crippen LogP contribution in [0, 0.1) is 5.92 Å². The number of esters is 1. The van der Waals surface area contributed by atoms with Crippen molar-refractivity contribution in [2.75, 3.05) is 0 Å². The molecular weight excluding hydrogens is 178 g/mol. The highest BCUT2D eigenvalue weighted by molar-refractivity contribution is 5.79. The fourth-order valence-electron chi connectivity index (χ4n) is 1.17. The molecule has 0 saturated carbocycles. The summed E-state index contributed by atoms with van der Waals surface area (Å²) in [5, 5.41) is 0. The largest absolute Gasteiger partial charge is 0.407 e. The molecule has 0 atom stereocenters. The van der Waals surface area contributed by atoms with Crippen LogP contribution in [-0.2, 0) is 4.79 Å². The lowest BCUT2D eigenvalue weighted by atomic mass is 10.2. The number of pyridine rings is 1. The molecule has 1 aliphatic carbocycles. The Morgan fingerprint density at radius 2 is 2.07 bits per heavy atom. The predicted octanol–water partition coefficient (Wildman–Crippen LogP) is 1.73. The zero-order valence-electron chi connectivity index (χ0n) is 7.46. The molecule has 70 valence electrons. The third-order valence-electron chi connectivity index (χ3n) is 1.86. The molecule has 3 nitrogen and oxygen atoms in total. The van der Waals surface area contributed by atoms with E-state index in [0.717, 1.165) is 0 Å². The van der Waals surface area contributed by atoms with Gasteiger partial charge >= 0.3 is 5.97 Å². The van der Waals surface area contributed by atoms with Crippen molar-refractivity contribution in [2.24, 2.45) is 5.92 Å². The van der Waals surface area contributed by atoms with Crippen LogP contribution < -0.4 is 4.74 Å². The fraction of sp³-hybridized carbons (Fsp3) is 0.0909. The SMILES string of the molecule is O=C(Oc1ccccn1)C1C=CC=C1. The van der Waals surface area contributed by atoms with Crippen molar-refractivity contribution < 1.29 is 9.53 Å². The molecule has 1 heterocycles. The summed E-state index contributed by atoms with van der Waals surface area (Å²) in [5.74, 6) is -0.225. The van der Waals surface area contributed by atoms with Crippen LogP contribution in [-0.4, -0.2) is 11.0 Å². The highest BCUT2D eigenvalue weighted by Crippen LogP contribution is 2.13. The van der Waals surface area contributed by atoms with E-state index in [1.54, 1.807) is 36.5 Å². The summed E-state index contributed by atoms with van der Waals surface area (Å²) < 4.78 is 5.05. The Morgan fingerprint density at radius 3 is 2.71 bits per heavy atom. The number of aromatic nitrogens is 1. The molecule has 0 unspecified atom stereocenters. The lowest BCUT2D eigenvalue weighted by Gasteiger charge is -2.04. The van der Waals surface area contributed by atoms with E-state index < -0.39 is 0 Å². The number of hydrogen-bond acceptors (Lipinski definition) is 3. The van der Waals surface area contributed by atoms with E-state index in [0.29, 0.717) is 5.88 Å². The summed E-state index contributed by atoms with van der Waals surface area (Å²) in [4.78, 5) is 15.3. The van der Waals surface area contributed by atoms with Crippen molar-refractivity contribution in [3.8, 4) is 5.88 Å². The van der Waals surface area contributed by atoms with Gasteiger partial charge in [0.1, 0.15) is 0 Å². The van der Waals surface area contributed by atoms with Crippen molar-refractivity contribution in [2.45, 2.75) is 0 Å². The van der Waals surface area contributed by atoms with Gasteiger partial charge in [-0.15, -0.1) is 0 Å². The maximum Gasteiger partial charge on any atom is 0.323 e. The van der Waals surface area contributed by atoms with Crippen molar-refractivity contribution >= 4 is 5.97 Å². The minimum Gasteiger partial charge on any atom is -0.407 e. The number of carbonyl (C=O) groups is 1. The van der Waals surface area contributed by atoms with E-state index in [-0.39, 0.29) is 11.9 Å². The standard InChI is InChI=1S/C11H9NO2/c13-11(9-5-1-2-6-9)14-10-7-3-4-8-12-10/h1-9H. The summed E-state index contributed by atoms with van der Waals surface area (Å²) in [7, 11) is 0. The van der Waals surface area contributed by atoms with Gasteiger partial charge in [0.2, 0.25) is 5.88 Å². The predicted molar refractivity (Wildman–Crippen MR) is 51.6 cm³/mol. The molecule has 2 rings (SSSR count). The number of nitrogens with zero attached hydrogens (tertiary/aromatic N) is 1. The van der Waals surface area contributed by atoms with Crippen LogP contribution in [0.15, 0.2) is 48.7 Å². The van der Waals surface area contributed by atoms with Crippen LogP contribution >= 0.6 is 0 Å². The van der Waals surface area contributed by atoms with Gasteiger partial charge in [0, 0.05) is 12.3 Å². The summed E-state index contributed by atoms with van der Waals surface area (Å²) in [6, 6.07) is 5.20. The second-order valence-electron chi connectivity index (χ2n) is 2.88. The first-order valence-electron chi connectivity index (χ1n) is 4.34. The van der Waals surface area contributed by atoms with Gasteiger partial charge in [0.05, 0.1) is 5.92 Å². The molecular formula is C11H9NO2. The van der Waals surface area contributed by atoms with E-state index in [4.69, 9.17) is 4.74 Å². The second-order valence-corrected chi connectivity index (χ2v) is 2.88. The molecule has 0 bridgehead atoms. The van der Waals surface area contributed by atoms with Gasteiger partial charge in [-0.2, -0.15) is 0 Å². The Balaban J connectivity index is 2.02. The Morgan fingerprint density at radius 1 is 1.29 bits per heavy atom. The zero-order valence-corrected chi connectivity index (χ0v) is 7.46. The van der Waals surface area contributed by atoms with E-state index in [9.17, 15) is 4.79 Å². The average Bonchev–Trinajstić information content (AvgIpc) is 2.72. The van der Waals surface area contributed by atoms with Crippen LogP contribution in [0.4, 0.5) is 0 Å². The molecule has 1 aromatic heterocycles. The molecule has 0 fully saturated rings.